The molecule has 4 aliphatic heterocycles. The average molecular weight is 342 g/mol. The number of carbonyl (C=O) groups excluding carboxylic acids is 1. The summed E-state index contributed by atoms with van der Waals surface area (Å²) in [5, 5.41) is 0.715. The lowest BCUT2D eigenvalue weighted by atomic mass is 9.75. The van der Waals surface area contributed by atoms with Crippen LogP contribution in [0.2, 0.25) is 0 Å². The SMILES string of the molecule is O=C1O[C@]2(CN3CCC2CC3)CN1c1ncc(-c2cccnc2)s1. The lowest BCUT2D eigenvalue weighted by molar-refractivity contribution is -0.0881. The van der Waals surface area contributed by atoms with E-state index >= 15 is 0 Å². The Morgan fingerprint density at radius 3 is 2.83 bits per heavy atom. The second-order valence-corrected chi connectivity index (χ2v) is 7.83. The van der Waals surface area contributed by atoms with Crippen LogP contribution in [0.15, 0.2) is 30.7 Å². The first kappa shape index (κ1) is 14.4. The molecule has 0 aromatic carbocycles. The third-order valence-corrected chi connectivity index (χ3v) is 6.50. The van der Waals surface area contributed by atoms with Crippen LogP contribution < -0.4 is 4.90 Å². The van der Waals surface area contributed by atoms with Gasteiger partial charge in [-0.3, -0.25) is 9.88 Å². The van der Waals surface area contributed by atoms with Crippen molar-refractivity contribution in [2.75, 3.05) is 31.1 Å². The zero-order chi connectivity index (χ0) is 16.1. The van der Waals surface area contributed by atoms with Crippen LogP contribution in [0.1, 0.15) is 12.8 Å². The molecule has 6 heterocycles. The van der Waals surface area contributed by atoms with Crippen LogP contribution in [-0.2, 0) is 4.74 Å². The van der Waals surface area contributed by atoms with Gasteiger partial charge in [0.25, 0.3) is 0 Å². The number of rotatable bonds is 2. The first-order chi connectivity index (χ1) is 11.7. The van der Waals surface area contributed by atoms with E-state index in [4.69, 9.17) is 4.74 Å². The molecule has 124 valence electrons. The van der Waals surface area contributed by atoms with Gasteiger partial charge in [0.1, 0.15) is 5.60 Å². The van der Waals surface area contributed by atoms with Gasteiger partial charge in [-0.05, 0) is 32.0 Å². The summed E-state index contributed by atoms with van der Waals surface area (Å²) in [5.41, 5.74) is 0.680. The van der Waals surface area contributed by atoms with Crippen molar-refractivity contribution in [3.8, 4) is 10.4 Å². The summed E-state index contributed by atoms with van der Waals surface area (Å²) in [5.74, 6) is 0.481. The van der Waals surface area contributed by atoms with Crippen molar-refractivity contribution >= 4 is 22.6 Å². The molecular weight excluding hydrogens is 324 g/mol. The van der Waals surface area contributed by atoms with E-state index in [-0.39, 0.29) is 11.7 Å². The van der Waals surface area contributed by atoms with E-state index in [1.165, 1.54) is 11.3 Å². The normalized spacial score (nSPS) is 31.7. The number of piperidine rings is 3. The van der Waals surface area contributed by atoms with E-state index in [2.05, 4.69) is 14.9 Å². The molecule has 0 radical (unpaired) electrons. The zero-order valence-electron chi connectivity index (χ0n) is 13.2. The van der Waals surface area contributed by atoms with Crippen molar-refractivity contribution in [3.05, 3.63) is 30.7 Å². The van der Waals surface area contributed by atoms with Gasteiger partial charge in [0.05, 0.1) is 11.4 Å². The Kier molecular flexibility index (Phi) is 3.14. The van der Waals surface area contributed by atoms with Gasteiger partial charge in [0, 0.05) is 36.6 Å². The van der Waals surface area contributed by atoms with Crippen molar-refractivity contribution in [2.24, 2.45) is 5.92 Å². The quantitative estimate of drug-likeness (QED) is 0.840. The Hall–Kier alpha value is -1.99. The highest BCUT2D eigenvalue weighted by molar-refractivity contribution is 7.19. The lowest BCUT2D eigenvalue weighted by Crippen LogP contribution is -2.61. The first-order valence-corrected chi connectivity index (χ1v) is 9.14. The number of fused-ring (bicyclic) bond motifs is 2. The molecule has 0 unspecified atom stereocenters. The van der Waals surface area contributed by atoms with Gasteiger partial charge >= 0.3 is 6.09 Å². The number of nitrogens with zero attached hydrogens (tertiary/aromatic N) is 4. The second kappa shape index (κ2) is 5.26. The minimum atomic E-state index is -0.340. The predicted molar refractivity (Wildman–Crippen MR) is 91.1 cm³/mol. The Bertz CT molecular complexity index is 772. The molecule has 0 aliphatic carbocycles. The molecule has 2 aromatic rings. The van der Waals surface area contributed by atoms with Crippen LogP contribution in [0, 0.1) is 5.92 Å². The monoisotopic (exact) mass is 342 g/mol. The van der Waals surface area contributed by atoms with Crippen molar-refractivity contribution in [1.82, 2.24) is 14.9 Å². The smallest absolute Gasteiger partial charge is 0.416 e. The Morgan fingerprint density at radius 1 is 1.25 bits per heavy atom. The molecule has 6 rings (SSSR count). The van der Waals surface area contributed by atoms with Crippen molar-refractivity contribution in [2.45, 2.75) is 18.4 Å². The van der Waals surface area contributed by atoms with E-state index in [9.17, 15) is 4.79 Å². The molecule has 1 spiro atoms. The Labute approximate surface area is 144 Å². The van der Waals surface area contributed by atoms with Gasteiger partial charge in [-0.15, -0.1) is 0 Å². The third kappa shape index (κ3) is 2.15. The maximum Gasteiger partial charge on any atom is 0.416 e. The fraction of sp³-hybridized carbons (Fsp3) is 0.471. The number of hydrogen-bond acceptors (Lipinski definition) is 6. The molecule has 0 saturated carbocycles. The molecule has 4 fully saturated rings. The molecule has 6 nitrogen and oxygen atoms in total. The summed E-state index contributed by atoms with van der Waals surface area (Å²) >= 11 is 1.51. The van der Waals surface area contributed by atoms with Crippen LogP contribution in [0.3, 0.4) is 0 Å². The molecule has 1 atom stereocenters. The number of amides is 1. The number of pyridine rings is 1. The fourth-order valence-corrected chi connectivity index (χ4v) is 5.09. The standard InChI is InChI=1S/C17H18N4O2S/c22-16-21(11-17(23-16)10-20-6-3-13(17)4-7-20)15-19-9-14(24-15)12-2-1-5-18-8-12/h1-2,5,8-9,13H,3-4,6-7,10-11H2/t17-/m1/s1. The minimum Gasteiger partial charge on any atom is -0.439 e. The molecule has 24 heavy (non-hydrogen) atoms. The number of aromatic nitrogens is 2. The molecule has 4 aliphatic rings. The van der Waals surface area contributed by atoms with E-state index in [1.807, 2.05) is 24.5 Å². The highest BCUT2D eigenvalue weighted by Gasteiger charge is 2.56. The van der Waals surface area contributed by atoms with Crippen molar-refractivity contribution in [1.29, 1.82) is 0 Å². The van der Waals surface area contributed by atoms with Gasteiger partial charge in [-0.2, -0.15) is 0 Å². The summed E-state index contributed by atoms with van der Waals surface area (Å²) in [4.78, 5) is 26.3. The number of carbonyl (C=O) groups is 1. The topological polar surface area (TPSA) is 58.6 Å². The van der Waals surface area contributed by atoms with Crippen LogP contribution in [0.5, 0.6) is 0 Å². The van der Waals surface area contributed by atoms with Crippen LogP contribution in [-0.4, -0.2) is 52.7 Å². The van der Waals surface area contributed by atoms with Crippen LogP contribution in [0.25, 0.3) is 10.4 Å². The number of ether oxygens (including phenoxy) is 1. The largest absolute Gasteiger partial charge is 0.439 e. The van der Waals surface area contributed by atoms with Crippen LogP contribution in [0.4, 0.5) is 9.93 Å². The molecule has 1 amide bonds. The number of anilines is 1. The maximum absolute atomic E-state index is 12.5. The molecule has 2 aromatic heterocycles. The van der Waals surface area contributed by atoms with E-state index in [0.717, 1.165) is 42.9 Å². The second-order valence-electron chi connectivity index (χ2n) is 6.82. The fourth-order valence-electron chi connectivity index (χ4n) is 4.19. The van der Waals surface area contributed by atoms with Gasteiger partial charge in [0.2, 0.25) is 0 Å². The number of hydrogen-bond donors (Lipinski definition) is 0. The molecule has 7 heteroatoms. The molecule has 4 saturated heterocycles. The molecular formula is C17H18N4O2S. The molecule has 2 bridgehead atoms. The third-order valence-electron chi connectivity index (χ3n) is 5.43. The summed E-state index contributed by atoms with van der Waals surface area (Å²) in [6.07, 6.45) is 7.37. The van der Waals surface area contributed by atoms with E-state index in [0.29, 0.717) is 17.6 Å². The van der Waals surface area contributed by atoms with Crippen molar-refractivity contribution < 1.29 is 9.53 Å². The summed E-state index contributed by atoms with van der Waals surface area (Å²) < 4.78 is 5.91. The minimum absolute atomic E-state index is 0.254. The predicted octanol–water partition coefficient (Wildman–Crippen LogP) is 2.63. The van der Waals surface area contributed by atoms with Crippen LogP contribution >= 0.6 is 11.3 Å². The van der Waals surface area contributed by atoms with E-state index < -0.39 is 0 Å². The van der Waals surface area contributed by atoms with Gasteiger partial charge in [-0.1, -0.05) is 17.4 Å². The molecule has 0 N–H and O–H groups in total. The maximum atomic E-state index is 12.5. The average Bonchev–Trinajstić information content (AvgIpc) is 3.22. The van der Waals surface area contributed by atoms with E-state index in [1.54, 1.807) is 11.1 Å². The Morgan fingerprint density at radius 2 is 2.12 bits per heavy atom. The van der Waals surface area contributed by atoms with Crippen molar-refractivity contribution in [3.63, 3.8) is 0 Å². The summed E-state index contributed by atoms with van der Waals surface area (Å²) in [7, 11) is 0. The first-order valence-electron chi connectivity index (χ1n) is 8.33. The highest BCUT2D eigenvalue weighted by Crippen LogP contribution is 2.44. The summed E-state index contributed by atoms with van der Waals surface area (Å²) in [6, 6.07) is 3.91. The lowest BCUT2D eigenvalue weighted by Gasteiger charge is -2.49. The zero-order valence-corrected chi connectivity index (χ0v) is 14.0. The number of thiazole rings is 1. The summed E-state index contributed by atoms with van der Waals surface area (Å²) in [6.45, 7) is 3.74. The van der Waals surface area contributed by atoms with Gasteiger partial charge in [-0.25, -0.2) is 14.7 Å². The van der Waals surface area contributed by atoms with Gasteiger partial charge in [0.15, 0.2) is 5.13 Å². The van der Waals surface area contributed by atoms with Gasteiger partial charge < -0.3 is 4.74 Å². The Balaban J connectivity index is 1.42. The highest BCUT2D eigenvalue weighted by atomic mass is 32.1.